The summed E-state index contributed by atoms with van der Waals surface area (Å²) < 4.78 is 5.88. The predicted octanol–water partition coefficient (Wildman–Crippen LogP) is 5.09. The first kappa shape index (κ1) is 23.1. The Bertz CT molecular complexity index is 1200. The number of aromatic hydroxyl groups is 1. The maximum absolute atomic E-state index is 13.0. The van der Waals surface area contributed by atoms with Gasteiger partial charge in [0.2, 0.25) is 0 Å². The molecule has 3 aromatic rings. The van der Waals surface area contributed by atoms with Crippen molar-refractivity contribution in [3.05, 3.63) is 75.1 Å². The number of piperidine rings is 2. The summed E-state index contributed by atoms with van der Waals surface area (Å²) in [6, 6.07) is 14.3. The normalized spacial score (nSPS) is 21.1. The van der Waals surface area contributed by atoms with E-state index in [-0.39, 0.29) is 11.4 Å². The summed E-state index contributed by atoms with van der Waals surface area (Å²) in [5, 5.41) is 11.6. The summed E-state index contributed by atoms with van der Waals surface area (Å²) in [5.41, 5.74) is 3.62. The van der Waals surface area contributed by atoms with Gasteiger partial charge in [-0.3, -0.25) is 0 Å². The van der Waals surface area contributed by atoms with E-state index in [1.54, 1.807) is 6.07 Å². The Kier molecular flexibility index (Phi) is 6.75. The van der Waals surface area contributed by atoms with Gasteiger partial charge in [-0.25, -0.2) is 4.79 Å². The second kappa shape index (κ2) is 9.93. The van der Waals surface area contributed by atoms with Gasteiger partial charge in [-0.2, -0.15) is 0 Å². The topological polar surface area (TPSA) is 56.9 Å². The molecular weight excluding hydrogens is 424 g/mol. The van der Waals surface area contributed by atoms with Crippen molar-refractivity contribution in [2.24, 2.45) is 5.92 Å². The Labute approximate surface area is 202 Å². The number of benzene rings is 2. The Hall–Kier alpha value is -2.63. The fraction of sp³-hybridized carbons (Fsp3) is 0.483. The minimum Gasteiger partial charge on any atom is -0.507 e. The van der Waals surface area contributed by atoms with Gasteiger partial charge in [0.1, 0.15) is 11.3 Å². The van der Waals surface area contributed by atoms with E-state index >= 15 is 0 Å². The van der Waals surface area contributed by atoms with Crippen LogP contribution in [0.2, 0.25) is 0 Å². The average molecular weight is 461 g/mol. The lowest BCUT2D eigenvalue weighted by Gasteiger charge is -2.45. The Morgan fingerprint density at radius 3 is 2.65 bits per heavy atom. The molecule has 2 aliphatic heterocycles. The number of fused-ring (bicyclic) bond motifs is 2. The van der Waals surface area contributed by atoms with Crippen molar-refractivity contribution in [2.45, 2.75) is 58.0 Å². The molecule has 34 heavy (non-hydrogen) atoms. The van der Waals surface area contributed by atoms with Gasteiger partial charge >= 0.3 is 5.63 Å². The second-order valence-corrected chi connectivity index (χ2v) is 10.3. The van der Waals surface area contributed by atoms with Crippen LogP contribution in [0.15, 0.2) is 51.7 Å². The number of hydrogen-bond donors (Lipinski definition) is 1. The molecule has 0 bridgehead atoms. The van der Waals surface area contributed by atoms with Crippen LogP contribution in [0.25, 0.3) is 11.0 Å². The van der Waals surface area contributed by atoms with E-state index in [0.717, 1.165) is 23.1 Å². The highest BCUT2D eigenvalue weighted by Gasteiger charge is 2.33. The van der Waals surface area contributed by atoms with Gasteiger partial charge in [-0.1, -0.05) is 36.8 Å². The zero-order valence-corrected chi connectivity index (χ0v) is 20.4. The van der Waals surface area contributed by atoms with E-state index < -0.39 is 0 Å². The molecule has 0 saturated carbocycles. The van der Waals surface area contributed by atoms with Gasteiger partial charge < -0.3 is 19.3 Å². The lowest BCUT2D eigenvalue weighted by molar-refractivity contribution is 0.0434. The molecule has 3 heterocycles. The zero-order valence-electron chi connectivity index (χ0n) is 20.4. The van der Waals surface area contributed by atoms with Crippen molar-refractivity contribution < 1.29 is 9.52 Å². The first-order chi connectivity index (χ1) is 16.5. The molecule has 2 atom stereocenters. The van der Waals surface area contributed by atoms with E-state index in [1.807, 2.05) is 43.3 Å². The minimum absolute atomic E-state index is 0.195. The zero-order chi connectivity index (χ0) is 23.7. The number of rotatable bonds is 6. The Morgan fingerprint density at radius 2 is 1.82 bits per heavy atom. The fourth-order valence-corrected chi connectivity index (χ4v) is 6.18. The molecule has 5 nitrogen and oxygen atoms in total. The van der Waals surface area contributed by atoms with E-state index in [4.69, 9.17) is 4.42 Å². The molecule has 2 saturated heterocycles. The monoisotopic (exact) mass is 460 g/mol. The lowest BCUT2D eigenvalue weighted by Crippen LogP contribution is -2.50. The first-order valence-electron chi connectivity index (χ1n) is 12.7. The molecule has 0 aliphatic carbocycles. The minimum atomic E-state index is -0.312. The van der Waals surface area contributed by atoms with Gasteiger partial charge in [-0.15, -0.1) is 0 Å². The number of nitrogens with zero attached hydrogens (tertiary/aromatic N) is 2. The Morgan fingerprint density at radius 1 is 1.03 bits per heavy atom. The maximum Gasteiger partial charge on any atom is 0.340 e. The highest BCUT2D eigenvalue weighted by atomic mass is 16.4. The molecule has 5 rings (SSSR count). The van der Waals surface area contributed by atoms with Gasteiger partial charge in [-0.05, 0) is 81.9 Å². The molecule has 0 amide bonds. The number of hydrogen-bond acceptors (Lipinski definition) is 5. The molecule has 2 aliphatic rings. The Balaban J connectivity index is 1.40. The molecule has 0 spiro atoms. The summed E-state index contributed by atoms with van der Waals surface area (Å²) in [5.74, 6) is 0.850. The first-order valence-corrected chi connectivity index (χ1v) is 12.7. The predicted molar refractivity (Wildman–Crippen MR) is 136 cm³/mol. The molecule has 180 valence electrons. The van der Waals surface area contributed by atoms with Crippen LogP contribution in [0.4, 0.5) is 0 Å². The number of phenolic OH excluding ortho intramolecular Hbond substituents is 1. The second-order valence-electron chi connectivity index (χ2n) is 10.3. The van der Waals surface area contributed by atoms with Crippen LogP contribution in [-0.2, 0) is 13.0 Å². The van der Waals surface area contributed by atoms with Gasteiger partial charge in [0.05, 0.1) is 5.56 Å². The van der Waals surface area contributed by atoms with Crippen molar-refractivity contribution in [1.82, 2.24) is 9.80 Å². The molecule has 0 radical (unpaired) electrons. The average Bonchev–Trinajstić information content (AvgIpc) is 2.84. The summed E-state index contributed by atoms with van der Waals surface area (Å²) in [4.78, 5) is 18.0. The van der Waals surface area contributed by atoms with Crippen molar-refractivity contribution in [3.8, 4) is 5.75 Å². The molecule has 0 unspecified atom stereocenters. The number of aryl methyl sites for hydroxylation is 1. The van der Waals surface area contributed by atoms with Crippen molar-refractivity contribution in [1.29, 1.82) is 0 Å². The third kappa shape index (κ3) is 4.64. The molecule has 1 aromatic heterocycles. The summed E-state index contributed by atoms with van der Waals surface area (Å²) in [6.07, 6.45) is 7.04. The van der Waals surface area contributed by atoms with E-state index in [9.17, 15) is 9.90 Å². The van der Waals surface area contributed by atoms with Crippen LogP contribution >= 0.6 is 0 Å². The van der Waals surface area contributed by atoms with Crippen LogP contribution in [0.5, 0.6) is 5.75 Å². The number of phenols is 1. The summed E-state index contributed by atoms with van der Waals surface area (Å²) >= 11 is 0. The van der Waals surface area contributed by atoms with E-state index in [2.05, 4.69) is 16.8 Å². The van der Waals surface area contributed by atoms with E-state index in [1.165, 1.54) is 45.2 Å². The van der Waals surface area contributed by atoms with Crippen molar-refractivity contribution >= 4 is 11.0 Å². The van der Waals surface area contributed by atoms with Crippen molar-refractivity contribution in [3.63, 3.8) is 0 Å². The molecule has 2 fully saturated rings. The highest BCUT2D eigenvalue weighted by Crippen LogP contribution is 2.34. The smallest absolute Gasteiger partial charge is 0.340 e. The quantitative estimate of drug-likeness (QED) is 0.519. The van der Waals surface area contributed by atoms with Gasteiger partial charge in [0.15, 0.2) is 0 Å². The van der Waals surface area contributed by atoms with Gasteiger partial charge in [0, 0.05) is 36.5 Å². The third-order valence-corrected chi connectivity index (χ3v) is 7.96. The van der Waals surface area contributed by atoms with Crippen LogP contribution in [0, 0.1) is 12.8 Å². The summed E-state index contributed by atoms with van der Waals surface area (Å²) in [7, 11) is 2.12. The highest BCUT2D eigenvalue weighted by molar-refractivity contribution is 5.85. The van der Waals surface area contributed by atoms with Gasteiger partial charge in [0.25, 0.3) is 0 Å². The standard InChI is InChI=1S/C29H36N2O3/c1-20-23-13-14-27(32)25(28(23)34-29(33)24(20)17-21-9-4-3-5-10-21)19-30(2)18-22-11-8-16-31-15-7-6-12-26(22)31/h3-5,9-10,13-14,22,26,32H,6-8,11-12,15-19H2,1-2H3/t22-,26+/m0/s1. The van der Waals surface area contributed by atoms with Crippen LogP contribution < -0.4 is 5.63 Å². The van der Waals surface area contributed by atoms with E-state index in [0.29, 0.717) is 41.6 Å². The van der Waals surface area contributed by atoms with Crippen LogP contribution in [-0.4, -0.2) is 47.6 Å². The van der Waals surface area contributed by atoms with Crippen LogP contribution in [0.1, 0.15) is 54.4 Å². The molecular formula is C29H36N2O3. The maximum atomic E-state index is 13.0. The molecule has 2 aromatic carbocycles. The fourth-order valence-electron chi connectivity index (χ4n) is 6.18. The SMILES string of the molecule is Cc1c(Cc2ccccc2)c(=O)oc2c(CN(C)C[C@@H]3CCCN4CCCC[C@H]34)c(O)ccc12. The molecule has 5 heteroatoms. The largest absolute Gasteiger partial charge is 0.507 e. The third-order valence-electron chi connectivity index (χ3n) is 7.96. The summed E-state index contributed by atoms with van der Waals surface area (Å²) in [6.45, 7) is 6.02. The van der Waals surface area contributed by atoms with Crippen LogP contribution in [0.3, 0.4) is 0 Å². The van der Waals surface area contributed by atoms with Crippen molar-refractivity contribution in [2.75, 3.05) is 26.7 Å². The lowest BCUT2D eigenvalue weighted by atomic mass is 9.83. The molecule has 1 N–H and O–H groups in total.